The van der Waals surface area contributed by atoms with E-state index in [-0.39, 0.29) is 4.90 Å². The standard InChI is InChI=1S/C9H10ClNO3S/c1-6-3-7(15(2,13)14)4-8(9(6)10)11-5-12/h3-5H,1-2H3,(H,11,12). The number of nitrogens with one attached hydrogen (secondary N) is 1. The van der Waals surface area contributed by atoms with Crippen LogP contribution in [0.5, 0.6) is 0 Å². The summed E-state index contributed by atoms with van der Waals surface area (Å²) >= 11 is 5.88. The largest absolute Gasteiger partial charge is 0.327 e. The van der Waals surface area contributed by atoms with Crippen molar-refractivity contribution in [3.63, 3.8) is 0 Å². The van der Waals surface area contributed by atoms with Crippen molar-refractivity contribution in [2.24, 2.45) is 0 Å². The Morgan fingerprint density at radius 3 is 2.47 bits per heavy atom. The molecule has 0 saturated carbocycles. The van der Waals surface area contributed by atoms with Gasteiger partial charge in [-0.05, 0) is 24.6 Å². The van der Waals surface area contributed by atoms with Gasteiger partial charge in [0.25, 0.3) is 0 Å². The fourth-order valence-corrected chi connectivity index (χ4v) is 2.01. The van der Waals surface area contributed by atoms with Crippen LogP contribution < -0.4 is 5.32 Å². The predicted octanol–water partition coefficient (Wildman–Crippen LogP) is 1.62. The molecule has 0 aliphatic heterocycles. The van der Waals surface area contributed by atoms with Gasteiger partial charge in [-0.25, -0.2) is 8.42 Å². The van der Waals surface area contributed by atoms with Crippen LogP contribution in [-0.4, -0.2) is 21.1 Å². The molecule has 0 aliphatic rings. The van der Waals surface area contributed by atoms with E-state index >= 15 is 0 Å². The summed E-state index contributed by atoms with van der Waals surface area (Å²) in [6, 6.07) is 2.80. The zero-order chi connectivity index (χ0) is 11.6. The van der Waals surface area contributed by atoms with E-state index in [9.17, 15) is 13.2 Å². The van der Waals surface area contributed by atoms with Crippen molar-refractivity contribution in [1.29, 1.82) is 0 Å². The number of hydrogen-bond donors (Lipinski definition) is 1. The Balaban J connectivity index is 3.42. The number of halogens is 1. The number of carbonyl (C=O) groups excluding carboxylic acids is 1. The van der Waals surface area contributed by atoms with E-state index in [1.54, 1.807) is 6.92 Å². The number of amides is 1. The lowest BCUT2D eigenvalue weighted by Crippen LogP contribution is -2.02. The molecule has 0 radical (unpaired) electrons. The van der Waals surface area contributed by atoms with Crippen molar-refractivity contribution < 1.29 is 13.2 Å². The predicted molar refractivity (Wildman–Crippen MR) is 59.0 cm³/mol. The fourth-order valence-electron chi connectivity index (χ4n) is 1.12. The van der Waals surface area contributed by atoms with Crippen LogP contribution in [0.4, 0.5) is 5.69 Å². The van der Waals surface area contributed by atoms with Crippen molar-refractivity contribution in [1.82, 2.24) is 0 Å². The topological polar surface area (TPSA) is 63.2 Å². The Morgan fingerprint density at radius 2 is 2.00 bits per heavy atom. The highest BCUT2D eigenvalue weighted by atomic mass is 35.5. The maximum absolute atomic E-state index is 11.3. The maximum Gasteiger partial charge on any atom is 0.211 e. The number of anilines is 1. The van der Waals surface area contributed by atoms with E-state index in [1.165, 1.54) is 12.1 Å². The van der Waals surface area contributed by atoms with E-state index in [0.29, 0.717) is 22.7 Å². The summed E-state index contributed by atoms with van der Waals surface area (Å²) in [6.07, 6.45) is 1.55. The van der Waals surface area contributed by atoms with Crippen LogP contribution >= 0.6 is 11.6 Å². The molecule has 1 N–H and O–H groups in total. The Bertz CT molecular complexity index is 496. The number of carbonyl (C=O) groups is 1. The Labute approximate surface area is 93.2 Å². The minimum absolute atomic E-state index is 0.133. The van der Waals surface area contributed by atoms with Gasteiger partial charge in [0.2, 0.25) is 6.41 Å². The summed E-state index contributed by atoms with van der Waals surface area (Å²) in [5.41, 5.74) is 0.899. The van der Waals surface area contributed by atoms with Crippen LogP contribution in [-0.2, 0) is 14.6 Å². The zero-order valence-corrected chi connectivity index (χ0v) is 9.82. The molecule has 1 aromatic rings. The number of benzene rings is 1. The molecule has 1 rings (SSSR count). The lowest BCUT2D eigenvalue weighted by atomic mass is 10.2. The number of hydrogen-bond acceptors (Lipinski definition) is 3. The maximum atomic E-state index is 11.3. The van der Waals surface area contributed by atoms with Gasteiger partial charge in [-0.15, -0.1) is 0 Å². The van der Waals surface area contributed by atoms with E-state index in [0.717, 1.165) is 6.26 Å². The first kappa shape index (κ1) is 12.0. The summed E-state index contributed by atoms with van der Waals surface area (Å²) in [5, 5.41) is 2.69. The van der Waals surface area contributed by atoms with Crippen molar-refractivity contribution in [3.05, 3.63) is 22.7 Å². The number of sulfone groups is 1. The van der Waals surface area contributed by atoms with Crippen LogP contribution in [0.1, 0.15) is 5.56 Å². The second kappa shape index (κ2) is 4.20. The van der Waals surface area contributed by atoms with Crippen LogP contribution in [0, 0.1) is 6.92 Å². The van der Waals surface area contributed by atoms with Gasteiger partial charge in [-0.2, -0.15) is 0 Å². The Kier molecular flexibility index (Phi) is 3.36. The van der Waals surface area contributed by atoms with E-state index in [2.05, 4.69) is 5.32 Å². The van der Waals surface area contributed by atoms with Crippen LogP contribution in [0.25, 0.3) is 0 Å². The minimum atomic E-state index is -3.30. The summed E-state index contributed by atoms with van der Waals surface area (Å²) in [4.78, 5) is 10.4. The lowest BCUT2D eigenvalue weighted by molar-refractivity contribution is -0.105. The van der Waals surface area contributed by atoms with Crippen molar-refractivity contribution in [2.45, 2.75) is 11.8 Å². The molecule has 0 atom stereocenters. The second-order valence-corrected chi connectivity index (χ2v) is 5.53. The molecule has 6 heteroatoms. The molecular formula is C9H10ClNO3S. The van der Waals surface area contributed by atoms with Gasteiger partial charge >= 0.3 is 0 Å². The first-order valence-corrected chi connectivity index (χ1v) is 6.33. The molecule has 0 spiro atoms. The SMILES string of the molecule is Cc1cc(S(C)(=O)=O)cc(NC=O)c1Cl. The van der Waals surface area contributed by atoms with Crippen molar-refractivity contribution in [3.8, 4) is 0 Å². The van der Waals surface area contributed by atoms with E-state index < -0.39 is 9.84 Å². The molecular weight excluding hydrogens is 238 g/mol. The molecule has 0 aromatic heterocycles. The highest BCUT2D eigenvalue weighted by Gasteiger charge is 2.12. The molecule has 82 valence electrons. The van der Waals surface area contributed by atoms with Gasteiger partial charge in [0, 0.05) is 6.26 Å². The zero-order valence-electron chi connectivity index (χ0n) is 8.24. The number of aryl methyl sites for hydroxylation is 1. The molecule has 0 heterocycles. The highest BCUT2D eigenvalue weighted by molar-refractivity contribution is 7.90. The van der Waals surface area contributed by atoms with E-state index in [1.807, 2.05) is 0 Å². The van der Waals surface area contributed by atoms with Gasteiger partial charge < -0.3 is 5.32 Å². The van der Waals surface area contributed by atoms with Gasteiger partial charge in [0.1, 0.15) is 0 Å². The molecule has 1 amide bonds. The van der Waals surface area contributed by atoms with Gasteiger partial charge in [0.15, 0.2) is 9.84 Å². The molecule has 0 aliphatic carbocycles. The lowest BCUT2D eigenvalue weighted by Gasteiger charge is -2.08. The average Bonchev–Trinajstić information content (AvgIpc) is 2.11. The molecule has 0 unspecified atom stereocenters. The van der Waals surface area contributed by atoms with E-state index in [4.69, 9.17) is 11.6 Å². The smallest absolute Gasteiger partial charge is 0.211 e. The average molecular weight is 248 g/mol. The molecule has 4 nitrogen and oxygen atoms in total. The van der Waals surface area contributed by atoms with Crippen LogP contribution in [0.3, 0.4) is 0 Å². The third-order valence-electron chi connectivity index (χ3n) is 1.87. The highest BCUT2D eigenvalue weighted by Crippen LogP contribution is 2.28. The summed E-state index contributed by atoms with van der Waals surface area (Å²) in [6.45, 7) is 1.67. The first-order chi connectivity index (χ1) is 6.86. The summed E-state index contributed by atoms with van der Waals surface area (Å²) < 4.78 is 22.6. The van der Waals surface area contributed by atoms with Gasteiger partial charge in [-0.3, -0.25) is 4.79 Å². The Hall–Kier alpha value is -1.07. The van der Waals surface area contributed by atoms with Gasteiger partial charge in [-0.1, -0.05) is 11.6 Å². The number of rotatable bonds is 3. The van der Waals surface area contributed by atoms with Crippen molar-refractivity contribution in [2.75, 3.05) is 11.6 Å². The summed E-state index contributed by atoms with van der Waals surface area (Å²) in [7, 11) is -3.30. The monoisotopic (exact) mass is 247 g/mol. The molecule has 0 saturated heterocycles. The molecule has 15 heavy (non-hydrogen) atoms. The third kappa shape index (κ3) is 2.70. The fraction of sp³-hybridized carbons (Fsp3) is 0.222. The normalized spacial score (nSPS) is 11.1. The van der Waals surface area contributed by atoms with Gasteiger partial charge in [0.05, 0.1) is 15.6 Å². The van der Waals surface area contributed by atoms with Crippen LogP contribution in [0.2, 0.25) is 5.02 Å². The summed E-state index contributed by atoms with van der Waals surface area (Å²) in [5.74, 6) is 0. The minimum Gasteiger partial charge on any atom is -0.327 e. The van der Waals surface area contributed by atoms with Crippen molar-refractivity contribution >= 4 is 33.5 Å². The first-order valence-electron chi connectivity index (χ1n) is 4.06. The Morgan fingerprint density at radius 1 is 1.40 bits per heavy atom. The van der Waals surface area contributed by atoms with Crippen LogP contribution in [0.15, 0.2) is 17.0 Å². The molecule has 0 fully saturated rings. The molecule has 0 bridgehead atoms. The second-order valence-electron chi connectivity index (χ2n) is 3.14. The molecule has 1 aromatic carbocycles. The quantitative estimate of drug-likeness (QED) is 0.826. The third-order valence-corrected chi connectivity index (χ3v) is 3.46.